The van der Waals surface area contributed by atoms with Crippen LogP contribution in [0.5, 0.6) is 0 Å². The van der Waals surface area contributed by atoms with E-state index in [0.29, 0.717) is 19.7 Å². The molecule has 3 heterocycles. The van der Waals surface area contributed by atoms with Crippen molar-refractivity contribution < 1.29 is 4.74 Å². The van der Waals surface area contributed by atoms with Crippen LogP contribution in [0.3, 0.4) is 0 Å². The molecule has 2 aromatic heterocycles. The van der Waals surface area contributed by atoms with Gasteiger partial charge in [-0.1, -0.05) is 18.7 Å². The van der Waals surface area contributed by atoms with E-state index in [1.165, 1.54) is 10.4 Å². The smallest absolute Gasteiger partial charge is 0.190 e. The van der Waals surface area contributed by atoms with Crippen molar-refractivity contribution in [2.45, 2.75) is 44.6 Å². The van der Waals surface area contributed by atoms with Gasteiger partial charge in [0.1, 0.15) is 5.82 Å². The quantitative estimate of drug-likeness (QED) is 0.645. The molecule has 1 aliphatic rings. The molecule has 0 fully saturated rings. The van der Waals surface area contributed by atoms with Crippen molar-refractivity contribution >= 4 is 39.1 Å². The van der Waals surface area contributed by atoms with Gasteiger partial charge in [-0.2, -0.15) is 0 Å². The lowest BCUT2D eigenvalue weighted by Crippen LogP contribution is -2.30. The van der Waals surface area contributed by atoms with E-state index in [9.17, 15) is 0 Å². The zero-order chi connectivity index (χ0) is 15.7. The summed E-state index contributed by atoms with van der Waals surface area (Å²) in [7, 11) is 0. The number of fused-ring (bicyclic) bond motifs is 3. The van der Waals surface area contributed by atoms with E-state index in [-0.39, 0.29) is 5.60 Å². The number of nitrogens with two attached hydrogens (primary N) is 1. The Morgan fingerprint density at radius 2 is 2.23 bits per heavy atom. The second kappa shape index (κ2) is 6.31. The van der Waals surface area contributed by atoms with Crippen LogP contribution in [0.25, 0.3) is 10.2 Å². The van der Waals surface area contributed by atoms with Crippen LogP contribution in [0.1, 0.15) is 31.2 Å². The first kappa shape index (κ1) is 16.0. The lowest BCUT2D eigenvalue weighted by Gasteiger charge is -2.29. The molecule has 0 unspecified atom stereocenters. The zero-order valence-corrected chi connectivity index (χ0v) is 14.9. The molecule has 0 atom stereocenters. The predicted molar refractivity (Wildman–Crippen MR) is 93.9 cm³/mol. The minimum atomic E-state index is -0.104. The highest BCUT2D eigenvalue weighted by molar-refractivity contribution is 7.99. The molecule has 5 nitrogen and oxygen atoms in total. The fourth-order valence-electron chi connectivity index (χ4n) is 2.55. The molecule has 0 bridgehead atoms. The van der Waals surface area contributed by atoms with Crippen LogP contribution in [0.15, 0.2) is 5.16 Å². The van der Waals surface area contributed by atoms with E-state index in [1.807, 2.05) is 0 Å². The van der Waals surface area contributed by atoms with Crippen molar-refractivity contribution in [3.05, 3.63) is 10.4 Å². The van der Waals surface area contributed by atoms with Crippen molar-refractivity contribution in [1.82, 2.24) is 9.97 Å². The van der Waals surface area contributed by atoms with Gasteiger partial charge in [-0.15, -0.1) is 11.3 Å². The minimum Gasteiger partial charge on any atom is -0.370 e. The third kappa shape index (κ3) is 3.08. The van der Waals surface area contributed by atoms with Gasteiger partial charge in [-0.25, -0.2) is 9.97 Å². The largest absolute Gasteiger partial charge is 0.370 e. The number of nitrogens with one attached hydrogen (secondary N) is 1. The molecule has 0 aliphatic carbocycles. The summed E-state index contributed by atoms with van der Waals surface area (Å²) >= 11 is 3.45. The van der Waals surface area contributed by atoms with Gasteiger partial charge >= 0.3 is 0 Å². The van der Waals surface area contributed by atoms with Gasteiger partial charge < -0.3 is 15.8 Å². The average molecular weight is 339 g/mol. The number of rotatable bonds is 5. The van der Waals surface area contributed by atoms with Gasteiger partial charge in [0.15, 0.2) is 5.16 Å². The normalized spacial score (nSPS) is 16.7. The average Bonchev–Trinajstić information content (AvgIpc) is 2.81. The van der Waals surface area contributed by atoms with E-state index in [4.69, 9.17) is 15.5 Å². The third-order valence-corrected chi connectivity index (χ3v) is 5.55. The van der Waals surface area contributed by atoms with E-state index in [2.05, 4.69) is 31.1 Å². The maximum Gasteiger partial charge on any atom is 0.190 e. The molecular formula is C15H22N4OS2. The summed E-state index contributed by atoms with van der Waals surface area (Å²) in [5, 5.41) is 4.17. The fourth-order valence-corrected chi connectivity index (χ4v) is 4.54. The molecule has 3 rings (SSSR count). The zero-order valence-electron chi connectivity index (χ0n) is 13.2. The van der Waals surface area contributed by atoms with Crippen LogP contribution >= 0.6 is 23.1 Å². The molecule has 120 valence electrons. The number of thiophene rings is 1. The monoisotopic (exact) mass is 338 g/mol. The Morgan fingerprint density at radius 3 is 2.95 bits per heavy atom. The number of hydrogen-bond acceptors (Lipinski definition) is 7. The second-order valence-electron chi connectivity index (χ2n) is 5.91. The van der Waals surface area contributed by atoms with E-state index < -0.39 is 0 Å². The molecule has 0 saturated heterocycles. The van der Waals surface area contributed by atoms with E-state index >= 15 is 0 Å². The number of hydrogen-bond donors (Lipinski definition) is 2. The lowest BCUT2D eigenvalue weighted by atomic mass is 9.98. The van der Waals surface area contributed by atoms with Crippen molar-refractivity contribution in [2.24, 2.45) is 5.73 Å². The number of ether oxygens (including phenoxy) is 1. The topological polar surface area (TPSA) is 73.1 Å². The van der Waals surface area contributed by atoms with Crippen molar-refractivity contribution in [3.8, 4) is 0 Å². The maximum absolute atomic E-state index is 5.98. The molecular weight excluding hydrogens is 316 g/mol. The summed E-state index contributed by atoms with van der Waals surface area (Å²) < 4.78 is 7.10. The van der Waals surface area contributed by atoms with Crippen LogP contribution in [0.2, 0.25) is 0 Å². The van der Waals surface area contributed by atoms with Gasteiger partial charge in [-0.3, -0.25) is 0 Å². The molecule has 0 aromatic carbocycles. The minimum absolute atomic E-state index is 0.104. The molecule has 0 saturated carbocycles. The van der Waals surface area contributed by atoms with Crippen molar-refractivity contribution in [2.75, 3.05) is 24.2 Å². The molecule has 0 radical (unpaired) electrons. The number of aromatic nitrogens is 2. The molecule has 0 amide bonds. The first-order chi connectivity index (χ1) is 10.5. The summed E-state index contributed by atoms with van der Waals surface area (Å²) in [6.07, 6.45) is 0.927. The molecule has 7 heteroatoms. The lowest BCUT2D eigenvalue weighted by molar-refractivity contribution is -0.0383. The highest BCUT2D eigenvalue weighted by Crippen LogP contribution is 2.41. The number of nitrogens with zero attached hydrogens (tertiary/aromatic N) is 2. The molecule has 22 heavy (non-hydrogen) atoms. The van der Waals surface area contributed by atoms with Crippen LogP contribution < -0.4 is 11.1 Å². The van der Waals surface area contributed by atoms with Crippen LogP contribution in [0, 0.1) is 0 Å². The Labute approximate surface area is 139 Å². The Bertz CT molecular complexity index is 684. The summed E-state index contributed by atoms with van der Waals surface area (Å²) in [4.78, 5) is 10.8. The summed E-state index contributed by atoms with van der Waals surface area (Å²) in [6, 6.07) is 0. The fraction of sp³-hybridized carbons (Fsp3) is 0.600. The molecule has 1 aliphatic heterocycles. The predicted octanol–water partition coefficient (Wildman–Crippen LogP) is 3.03. The summed E-state index contributed by atoms with van der Waals surface area (Å²) in [5.74, 6) is 1.86. The van der Waals surface area contributed by atoms with E-state index in [1.54, 1.807) is 23.1 Å². The highest BCUT2D eigenvalue weighted by atomic mass is 32.2. The number of thioether (sulfide) groups is 1. The number of anilines is 1. The standard InChI is InChI=1S/C15H22N4OS2/c1-4-21-14-18-11-9-8-20-15(2,3)7-10(9)22-12(11)13(19-14)17-6-5-16/h4-8,16H2,1-3H3,(H,17,18,19). The van der Waals surface area contributed by atoms with Gasteiger partial charge in [0.2, 0.25) is 0 Å². The van der Waals surface area contributed by atoms with Crippen LogP contribution in [0.4, 0.5) is 5.82 Å². The van der Waals surface area contributed by atoms with Crippen molar-refractivity contribution in [3.63, 3.8) is 0 Å². The van der Waals surface area contributed by atoms with Gasteiger partial charge in [0.25, 0.3) is 0 Å². The maximum atomic E-state index is 5.98. The van der Waals surface area contributed by atoms with E-state index in [0.717, 1.165) is 33.4 Å². The Hall–Kier alpha value is -0.890. The van der Waals surface area contributed by atoms with Crippen LogP contribution in [-0.2, 0) is 17.8 Å². The molecule has 0 spiro atoms. The Kier molecular flexibility index (Phi) is 4.59. The van der Waals surface area contributed by atoms with Crippen molar-refractivity contribution in [1.29, 1.82) is 0 Å². The third-order valence-electron chi connectivity index (χ3n) is 3.60. The summed E-state index contributed by atoms with van der Waals surface area (Å²) in [5.41, 5.74) is 7.79. The highest BCUT2D eigenvalue weighted by Gasteiger charge is 2.30. The SMILES string of the molecule is CCSc1nc(NCCN)c2sc3c(c2n1)COC(C)(C)C3. The Balaban J connectivity index is 2.10. The van der Waals surface area contributed by atoms with Crippen LogP contribution in [-0.4, -0.2) is 34.4 Å². The van der Waals surface area contributed by atoms with Gasteiger partial charge in [0, 0.05) is 30.0 Å². The Morgan fingerprint density at radius 1 is 1.41 bits per heavy atom. The van der Waals surface area contributed by atoms with Gasteiger partial charge in [-0.05, 0) is 19.6 Å². The first-order valence-corrected chi connectivity index (χ1v) is 9.37. The molecule has 2 aromatic rings. The first-order valence-electron chi connectivity index (χ1n) is 7.57. The molecule has 3 N–H and O–H groups in total. The summed E-state index contributed by atoms with van der Waals surface area (Å²) in [6.45, 7) is 8.32. The van der Waals surface area contributed by atoms with Gasteiger partial charge in [0.05, 0.1) is 22.4 Å². The second-order valence-corrected chi connectivity index (χ2v) is 8.25.